The second-order valence-corrected chi connectivity index (χ2v) is 5.42. The fraction of sp³-hybridized carbons (Fsp3) is 0.467. The Balaban J connectivity index is 1.65. The molecular weight excluding hydrogens is 245 g/mol. The van der Waals surface area contributed by atoms with Gasteiger partial charge in [0.2, 0.25) is 5.91 Å². The van der Waals surface area contributed by atoms with Gasteiger partial charge in [-0.25, -0.2) is 4.39 Å². The molecule has 2 fully saturated rings. The zero-order valence-corrected chi connectivity index (χ0v) is 10.6. The van der Waals surface area contributed by atoms with Crippen molar-refractivity contribution in [1.82, 2.24) is 4.90 Å². The number of Topliss-reactive ketones (excluding diaryl/α,β-unsaturated/α-hetero) is 1. The zero-order chi connectivity index (χ0) is 13.4. The van der Waals surface area contributed by atoms with Crippen LogP contribution in [0, 0.1) is 17.7 Å². The predicted molar refractivity (Wildman–Crippen MR) is 68.1 cm³/mol. The summed E-state index contributed by atoms with van der Waals surface area (Å²) >= 11 is 0. The van der Waals surface area contributed by atoms with E-state index in [2.05, 4.69) is 0 Å². The summed E-state index contributed by atoms with van der Waals surface area (Å²) in [4.78, 5) is 26.0. The molecule has 1 saturated heterocycles. The molecule has 0 bridgehead atoms. The molecule has 3 rings (SSSR count). The number of halogens is 1. The zero-order valence-electron chi connectivity index (χ0n) is 10.6. The first-order valence-electron chi connectivity index (χ1n) is 6.74. The smallest absolute Gasteiger partial charge is 0.225 e. The molecule has 1 aromatic rings. The molecule has 2 aliphatic rings. The van der Waals surface area contributed by atoms with Crippen LogP contribution in [0.4, 0.5) is 4.39 Å². The van der Waals surface area contributed by atoms with Crippen molar-refractivity contribution in [1.29, 1.82) is 0 Å². The highest BCUT2D eigenvalue weighted by Crippen LogP contribution is 2.33. The molecule has 1 amide bonds. The van der Waals surface area contributed by atoms with E-state index in [1.54, 1.807) is 0 Å². The number of carbonyl (C=O) groups is 2. The van der Waals surface area contributed by atoms with Crippen molar-refractivity contribution < 1.29 is 14.0 Å². The first kappa shape index (κ1) is 12.3. The Bertz CT molecular complexity index is 507. The minimum atomic E-state index is -0.339. The van der Waals surface area contributed by atoms with Gasteiger partial charge in [-0.1, -0.05) is 0 Å². The summed E-state index contributed by atoms with van der Waals surface area (Å²) in [5.41, 5.74) is 0.534. The van der Waals surface area contributed by atoms with Gasteiger partial charge in [-0.2, -0.15) is 0 Å². The molecule has 0 aromatic heterocycles. The maximum Gasteiger partial charge on any atom is 0.225 e. The third-order valence-corrected chi connectivity index (χ3v) is 3.93. The number of likely N-dealkylation sites (tertiary alicyclic amines) is 1. The lowest BCUT2D eigenvalue weighted by Gasteiger charge is -2.15. The molecule has 1 aromatic carbocycles. The Morgan fingerprint density at radius 1 is 1.05 bits per heavy atom. The van der Waals surface area contributed by atoms with Gasteiger partial charge in [0.15, 0.2) is 5.78 Å². The summed E-state index contributed by atoms with van der Waals surface area (Å²) in [5.74, 6) is -0.0400. The highest BCUT2D eigenvalue weighted by atomic mass is 19.1. The molecule has 1 saturated carbocycles. The van der Waals surface area contributed by atoms with Crippen LogP contribution in [0.5, 0.6) is 0 Å². The summed E-state index contributed by atoms with van der Waals surface area (Å²) in [6, 6.07) is 5.64. The lowest BCUT2D eigenvalue weighted by atomic mass is 9.97. The lowest BCUT2D eigenvalue weighted by molar-refractivity contribution is -0.131. The van der Waals surface area contributed by atoms with E-state index in [1.165, 1.54) is 24.3 Å². The molecule has 3 nitrogen and oxygen atoms in total. The monoisotopic (exact) mass is 261 g/mol. The molecule has 0 spiro atoms. The second-order valence-electron chi connectivity index (χ2n) is 5.42. The highest BCUT2D eigenvalue weighted by molar-refractivity contribution is 5.98. The topological polar surface area (TPSA) is 37.4 Å². The van der Waals surface area contributed by atoms with Gasteiger partial charge in [-0.05, 0) is 43.5 Å². The Morgan fingerprint density at radius 3 is 2.37 bits per heavy atom. The van der Waals surface area contributed by atoms with Crippen LogP contribution in [0.2, 0.25) is 0 Å². The molecule has 1 heterocycles. The van der Waals surface area contributed by atoms with Crippen LogP contribution in [0.1, 0.15) is 29.6 Å². The first-order chi connectivity index (χ1) is 9.15. The summed E-state index contributed by atoms with van der Waals surface area (Å²) in [6.07, 6.45) is 2.70. The maximum atomic E-state index is 12.8. The summed E-state index contributed by atoms with van der Waals surface area (Å²) in [6.45, 7) is 1.19. The normalized spacial score (nSPS) is 22.6. The largest absolute Gasteiger partial charge is 0.342 e. The SMILES string of the molecule is O=C(c1ccc(F)cc1)[C@H]1CCN(C(=O)C2CC2)C1. The molecule has 1 aliphatic carbocycles. The van der Waals surface area contributed by atoms with E-state index in [4.69, 9.17) is 0 Å². The molecular formula is C15H16FNO2. The van der Waals surface area contributed by atoms with E-state index in [-0.39, 0.29) is 29.3 Å². The van der Waals surface area contributed by atoms with Gasteiger partial charge in [0.1, 0.15) is 5.82 Å². The molecule has 0 N–H and O–H groups in total. The fourth-order valence-corrected chi connectivity index (χ4v) is 2.61. The average molecular weight is 261 g/mol. The first-order valence-corrected chi connectivity index (χ1v) is 6.74. The molecule has 4 heteroatoms. The number of hydrogen-bond donors (Lipinski definition) is 0. The standard InChI is InChI=1S/C15H16FNO2/c16-13-5-3-10(4-6-13)14(18)12-7-8-17(9-12)15(19)11-1-2-11/h3-6,11-12H,1-2,7-9H2/t12-/m0/s1. The van der Waals surface area contributed by atoms with Gasteiger partial charge < -0.3 is 4.90 Å². The van der Waals surface area contributed by atoms with E-state index in [0.29, 0.717) is 25.1 Å². The van der Waals surface area contributed by atoms with E-state index in [9.17, 15) is 14.0 Å². The van der Waals surface area contributed by atoms with Crippen LogP contribution in [-0.4, -0.2) is 29.7 Å². The Kier molecular flexibility index (Phi) is 3.09. The van der Waals surface area contributed by atoms with Crippen molar-refractivity contribution in [3.05, 3.63) is 35.6 Å². The van der Waals surface area contributed by atoms with Gasteiger partial charge in [0.25, 0.3) is 0 Å². The molecule has 0 radical (unpaired) electrons. The number of hydrogen-bond acceptors (Lipinski definition) is 2. The molecule has 19 heavy (non-hydrogen) atoms. The minimum absolute atomic E-state index is 0.0195. The van der Waals surface area contributed by atoms with E-state index in [1.807, 2.05) is 4.90 Å². The van der Waals surface area contributed by atoms with Gasteiger partial charge in [0, 0.05) is 30.5 Å². The van der Waals surface area contributed by atoms with Crippen molar-refractivity contribution in [3.8, 4) is 0 Å². The number of rotatable bonds is 3. The predicted octanol–water partition coefficient (Wildman–Crippen LogP) is 2.27. The summed E-state index contributed by atoms with van der Waals surface area (Å²) in [5, 5.41) is 0. The molecule has 1 atom stereocenters. The summed E-state index contributed by atoms with van der Waals surface area (Å²) < 4.78 is 12.8. The quantitative estimate of drug-likeness (QED) is 0.783. The number of carbonyl (C=O) groups excluding carboxylic acids is 2. The van der Waals surface area contributed by atoms with Crippen LogP contribution < -0.4 is 0 Å². The van der Waals surface area contributed by atoms with Crippen molar-refractivity contribution in [2.45, 2.75) is 19.3 Å². The van der Waals surface area contributed by atoms with Crippen LogP contribution in [-0.2, 0) is 4.79 Å². The number of ketones is 1. The Hall–Kier alpha value is -1.71. The fourth-order valence-electron chi connectivity index (χ4n) is 2.61. The maximum absolute atomic E-state index is 12.8. The van der Waals surface area contributed by atoms with Crippen molar-refractivity contribution in [2.24, 2.45) is 11.8 Å². The molecule has 0 unspecified atom stereocenters. The highest BCUT2D eigenvalue weighted by Gasteiger charge is 2.38. The molecule has 1 aliphatic heterocycles. The van der Waals surface area contributed by atoms with Crippen molar-refractivity contribution >= 4 is 11.7 Å². The Morgan fingerprint density at radius 2 is 1.74 bits per heavy atom. The van der Waals surface area contributed by atoms with Gasteiger partial charge in [-0.15, -0.1) is 0 Å². The van der Waals surface area contributed by atoms with Crippen molar-refractivity contribution in [3.63, 3.8) is 0 Å². The lowest BCUT2D eigenvalue weighted by Crippen LogP contribution is -2.31. The van der Waals surface area contributed by atoms with E-state index in [0.717, 1.165) is 12.8 Å². The van der Waals surface area contributed by atoms with Gasteiger partial charge in [0.05, 0.1) is 0 Å². The number of amides is 1. The van der Waals surface area contributed by atoms with Crippen molar-refractivity contribution in [2.75, 3.05) is 13.1 Å². The van der Waals surface area contributed by atoms with Crippen LogP contribution in [0.15, 0.2) is 24.3 Å². The van der Waals surface area contributed by atoms with E-state index < -0.39 is 0 Å². The number of nitrogens with zero attached hydrogens (tertiary/aromatic N) is 1. The van der Waals surface area contributed by atoms with E-state index >= 15 is 0 Å². The minimum Gasteiger partial charge on any atom is -0.342 e. The Labute approximate surface area is 111 Å². The summed E-state index contributed by atoms with van der Waals surface area (Å²) in [7, 11) is 0. The van der Waals surface area contributed by atoms with Crippen LogP contribution in [0.25, 0.3) is 0 Å². The molecule has 100 valence electrons. The second kappa shape index (κ2) is 4.76. The van der Waals surface area contributed by atoms with Gasteiger partial charge in [-0.3, -0.25) is 9.59 Å². The average Bonchev–Trinajstić information content (AvgIpc) is 3.15. The third kappa shape index (κ3) is 2.53. The van der Waals surface area contributed by atoms with Crippen LogP contribution in [0.3, 0.4) is 0 Å². The van der Waals surface area contributed by atoms with Crippen LogP contribution >= 0.6 is 0 Å². The third-order valence-electron chi connectivity index (χ3n) is 3.93. The number of benzene rings is 1. The van der Waals surface area contributed by atoms with Gasteiger partial charge >= 0.3 is 0 Å².